The molecule has 1 aromatic carbocycles. The number of hydrogen-bond donors (Lipinski definition) is 2. The largest absolute Gasteiger partial charge is 0.417 e. The first-order valence-corrected chi connectivity index (χ1v) is 7.43. The summed E-state index contributed by atoms with van der Waals surface area (Å²) in [6, 6.07) is 3.87. The second-order valence-electron chi connectivity index (χ2n) is 5.73. The van der Waals surface area contributed by atoms with E-state index in [0.717, 1.165) is 25.5 Å². The van der Waals surface area contributed by atoms with Crippen LogP contribution in [0, 0.1) is 5.41 Å². The number of hydrogen-bond acceptors (Lipinski definition) is 2. The summed E-state index contributed by atoms with van der Waals surface area (Å²) in [5, 5.41) is 3.22. The molecule has 0 aromatic heterocycles. The molecule has 0 spiro atoms. The van der Waals surface area contributed by atoms with Crippen molar-refractivity contribution in [1.82, 2.24) is 0 Å². The zero-order valence-corrected chi connectivity index (χ0v) is 12.7. The number of nitrogens with two attached hydrogens (primary N) is 1. The highest BCUT2D eigenvalue weighted by atomic mass is 32.1. The summed E-state index contributed by atoms with van der Waals surface area (Å²) in [6.45, 7) is 2.92. The topological polar surface area (TPSA) is 38.0 Å². The molecule has 0 heterocycles. The molecule has 3 N–H and O–H groups in total. The molecule has 1 saturated carbocycles. The molecule has 1 aliphatic carbocycles. The van der Waals surface area contributed by atoms with Gasteiger partial charge < -0.3 is 11.1 Å². The molecule has 21 heavy (non-hydrogen) atoms. The fraction of sp³-hybridized carbons (Fsp3) is 0.533. The van der Waals surface area contributed by atoms with E-state index in [2.05, 4.69) is 12.2 Å². The Labute approximate surface area is 127 Å². The van der Waals surface area contributed by atoms with Crippen LogP contribution in [0.1, 0.15) is 43.7 Å². The Balaban J connectivity index is 2.15. The number of benzene rings is 1. The number of thiocarbonyl (C=S) groups is 1. The molecule has 1 aliphatic rings. The van der Waals surface area contributed by atoms with Gasteiger partial charge in [-0.1, -0.05) is 25.6 Å². The minimum atomic E-state index is -4.45. The van der Waals surface area contributed by atoms with Crippen LogP contribution in [0.4, 0.5) is 18.9 Å². The summed E-state index contributed by atoms with van der Waals surface area (Å²) >= 11 is 4.74. The maximum absolute atomic E-state index is 12.9. The summed E-state index contributed by atoms with van der Waals surface area (Å²) in [7, 11) is 0. The quantitative estimate of drug-likeness (QED) is 0.767. The zero-order valence-electron chi connectivity index (χ0n) is 11.9. The van der Waals surface area contributed by atoms with Crippen molar-refractivity contribution in [2.24, 2.45) is 11.1 Å². The average Bonchev–Trinajstić information content (AvgIpc) is 3.15. The Morgan fingerprint density at radius 1 is 1.38 bits per heavy atom. The molecule has 2 nitrogen and oxygen atoms in total. The summed E-state index contributed by atoms with van der Waals surface area (Å²) < 4.78 is 38.7. The average molecular weight is 316 g/mol. The lowest BCUT2D eigenvalue weighted by Gasteiger charge is -2.18. The van der Waals surface area contributed by atoms with Gasteiger partial charge >= 0.3 is 6.18 Å². The summed E-state index contributed by atoms with van der Waals surface area (Å²) in [6.07, 6.45) is 0.167. The van der Waals surface area contributed by atoms with E-state index in [1.54, 1.807) is 0 Å². The van der Waals surface area contributed by atoms with E-state index < -0.39 is 11.7 Å². The first-order chi connectivity index (χ1) is 9.77. The highest BCUT2D eigenvalue weighted by molar-refractivity contribution is 7.80. The second kappa shape index (κ2) is 5.83. The predicted octanol–water partition coefficient (Wildman–Crippen LogP) is 4.33. The lowest BCUT2D eigenvalue weighted by Crippen LogP contribution is -2.19. The van der Waals surface area contributed by atoms with E-state index in [9.17, 15) is 13.2 Å². The maximum atomic E-state index is 12.9. The third kappa shape index (κ3) is 3.87. The molecule has 6 heteroatoms. The standard InChI is InChI=1S/C15H19F3N2S/c1-2-5-14(6-7-14)9-20-10-3-4-12(15(16,17)18)11(8-10)13(19)21/h3-4,8,20H,2,5-7,9H2,1H3,(H2,19,21). The highest BCUT2D eigenvalue weighted by Crippen LogP contribution is 2.49. The van der Waals surface area contributed by atoms with Crippen LogP contribution in [-0.4, -0.2) is 11.5 Å². The van der Waals surface area contributed by atoms with Crippen LogP contribution in [0.25, 0.3) is 0 Å². The Kier molecular flexibility index (Phi) is 4.46. The van der Waals surface area contributed by atoms with Crippen LogP contribution in [0.5, 0.6) is 0 Å². The lowest BCUT2D eigenvalue weighted by molar-refractivity contribution is -0.137. The van der Waals surface area contributed by atoms with Crippen LogP contribution < -0.4 is 11.1 Å². The van der Waals surface area contributed by atoms with Crippen LogP contribution in [-0.2, 0) is 6.18 Å². The number of anilines is 1. The number of alkyl halides is 3. The first-order valence-electron chi connectivity index (χ1n) is 7.02. The molecular weight excluding hydrogens is 297 g/mol. The van der Waals surface area contributed by atoms with Gasteiger partial charge in [-0.2, -0.15) is 13.2 Å². The Bertz CT molecular complexity index is 536. The molecule has 116 valence electrons. The van der Waals surface area contributed by atoms with Crippen LogP contribution in [0.2, 0.25) is 0 Å². The molecular formula is C15H19F3N2S. The lowest BCUT2D eigenvalue weighted by atomic mass is 10.0. The monoisotopic (exact) mass is 316 g/mol. The molecule has 0 amide bonds. The normalized spacial score (nSPS) is 16.6. The number of halogens is 3. The van der Waals surface area contributed by atoms with Gasteiger partial charge in [0.05, 0.1) is 5.56 Å². The van der Waals surface area contributed by atoms with Crippen LogP contribution in [0.3, 0.4) is 0 Å². The van der Waals surface area contributed by atoms with E-state index >= 15 is 0 Å². The highest BCUT2D eigenvalue weighted by Gasteiger charge is 2.41. The Hall–Kier alpha value is -1.30. The zero-order chi connectivity index (χ0) is 15.7. The van der Waals surface area contributed by atoms with Crippen molar-refractivity contribution >= 4 is 22.9 Å². The molecule has 0 aliphatic heterocycles. The second-order valence-corrected chi connectivity index (χ2v) is 6.17. The first kappa shape index (κ1) is 16.1. The molecule has 0 atom stereocenters. The SMILES string of the molecule is CCCC1(CNc2ccc(C(F)(F)F)c(C(N)=S)c2)CC1. The fourth-order valence-corrected chi connectivity index (χ4v) is 2.79. The fourth-order valence-electron chi connectivity index (χ4n) is 2.62. The third-order valence-corrected chi connectivity index (χ3v) is 4.22. The van der Waals surface area contributed by atoms with Gasteiger partial charge in [-0.25, -0.2) is 0 Å². The number of nitrogens with one attached hydrogen (secondary N) is 1. The third-order valence-electron chi connectivity index (χ3n) is 4.00. The van der Waals surface area contributed by atoms with E-state index in [1.165, 1.54) is 25.0 Å². The van der Waals surface area contributed by atoms with Crippen molar-refractivity contribution in [1.29, 1.82) is 0 Å². The van der Waals surface area contributed by atoms with Crippen molar-refractivity contribution in [3.05, 3.63) is 29.3 Å². The van der Waals surface area contributed by atoms with Crippen molar-refractivity contribution in [2.45, 2.75) is 38.8 Å². The maximum Gasteiger partial charge on any atom is 0.417 e. The van der Waals surface area contributed by atoms with Crippen molar-refractivity contribution < 1.29 is 13.2 Å². The van der Waals surface area contributed by atoms with Gasteiger partial charge in [-0.15, -0.1) is 0 Å². The van der Waals surface area contributed by atoms with E-state index in [0.29, 0.717) is 11.1 Å². The molecule has 1 aromatic rings. The molecule has 0 bridgehead atoms. The van der Waals surface area contributed by atoms with E-state index in [4.69, 9.17) is 18.0 Å². The minimum Gasteiger partial charge on any atom is -0.389 e. The van der Waals surface area contributed by atoms with Crippen LogP contribution >= 0.6 is 12.2 Å². The van der Waals surface area contributed by atoms with Gasteiger partial charge in [0, 0.05) is 17.8 Å². The molecule has 0 unspecified atom stereocenters. The van der Waals surface area contributed by atoms with Gasteiger partial charge in [0.15, 0.2) is 0 Å². The Morgan fingerprint density at radius 3 is 2.52 bits per heavy atom. The number of rotatable bonds is 6. The molecule has 0 saturated heterocycles. The van der Waals surface area contributed by atoms with E-state index in [-0.39, 0.29) is 10.6 Å². The predicted molar refractivity (Wildman–Crippen MR) is 82.4 cm³/mol. The summed E-state index contributed by atoms with van der Waals surface area (Å²) in [5.74, 6) is 0. The van der Waals surface area contributed by atoms with E-state index in [1.807, 2.05) is 0 Å². The van der Waals surface area contributed by atoms with Gasteiger partial charge in [0.2, 0.25) is 0 Å². The smallest absolute Gasteiger partial charge is 0.389 e. The van der Waals surface area contributed by atoms with Gasteiger partial charge in [-0.3, -0.25) is 0 Å². The Morgan fingerprint density at radius 2 is 2.05 bits per heavy atom. The van der Waals surface area contributed by atoms with Gasteiger partial charge in [0.1, 0.15) is 4.99 Å². The van der Waals surface area contributed by atoms with Crippen molar-refractivity contribution in [3.63, 3.8) is 0 Å². The molecule has 0 radical (unpaired) electrons. The van der Waals surface area contributed by atoms with Crippen molar-refractivity contribution in [2.75, 3.05) is 11.9 Å². The van der Waals surface area contributed by atoms with Crippen LogP contribution in [0.15, 0.2) is 18.2 Å². The van der Waals surface area contributed by atoms with Crippen molar-refractivity contribution in [3.8, 4) is 0 Å². The summed E-state index contributed by atoms with van der Waals surface area (Å²) in [4.78, 5) is -0.235. The molecule has 2 rings (SSSR count). The summed E-state index contributed by atoms with van der Waals surface area (Å²) in [5.41, 5.74) is 5.47. The minimum absolute atomic E-state index is 0.122. The van der Waals surface area contributed by atoms with Gasteiger partial charge in [0.25, 0.3) is 0 Å². The van der Waals surface area contributed by atoms with Gasteiger partial charge in [-0.05, 0) is 42.9 Å². The molecule has 1 fully saturated rings.